The average molecular weight is 380 g/mol. The molecule has 0 spiro atoms. The average Bonchev–Trinajstić information content (AvgIpc) is 3.02. The molecular formula is C17H16BrClN2O. The van der Waals surface area contributed by atoms with Crippen molar-refractivity contribution >= 4 is 44.8 Å². The summed E-state index contributed by atoms with van der Waals surface area (Å²) in [5.74, 6) is -0.143. The lowest BCUT2D eigenvalue weighted by Crippen LogP contribution is -2.21. The van der Waals surface area contributed by atoms with E-state index in [1.54, 1.807) is 6.07 Å². The highest BCUT2D eigenvalue weighted by atomic mass is 79.9. The van der Waals surface area contributed by atoms with Crippen LogP contribution in [0.25, 0.3) is 0 Å². The van der Waals surface area contributed by atoms with Gasteiger partial charge in [-0.25, -0.2) is 0 Å². The van der Waals surface area contributed by atoms with Gasteiger partial charge in [-0.05, 0) is 59.1 Å². The molecule has 1 aliphatic rings. The molecule has 0 bridgehead atoms. The molecule has 0 aliphatic carbocycles. The number of nitrogens with one attached hydrogen (secondary N) is 1. The predicted octanol–water partition coefficient (Wildman–Crippen LogP) is 4.96. The number of carbonyl (C=O) groups is 1. The Morgan fingerprint density at radius 1 is 1.14 bits per heavy atom. The lowest BCUT2D eigenvalue weighted by molar-refractivity contribution is 0.102. The van der Waals surface area contributed by atoms with E-state index in [-0.39, 0.29) is 5.91 Å². The van der Waals surface area contributed by atoms with Gasteiger partial charge in [0.1, 0.15) is 0 Å². The molecule has 3 nitrogen and oxygen atoms in total. The summed E-state index contributed by atoms with van der Waals surface area (Å²) < 4.78 is 0.775. The number of amides is 1. The van der Waals surface area contributed by atoms with Gasteiger partial charge in [0.15, 0.2) is 0 Å². The second-order valence-corrected chi connectivity index (χ2v) is 6.58. The summed E-state index contributed by atoms with van der Waals surface area (Å²) in [7, 11) is 0. The zero-order valence-corrected chi connectivity index (χ0v) is 14.3. The first-order valence-electron chi connectivity index (χ1n) is 7.25. The Labute approximate surface area is 143 Å². The van der Waals surface area contributed by atoms with Crippen molar-refractivity contribution in [2.45, 2.75) is 12.8 Å². The van der Waals surface area contributed by atoms with Crippen molar-refractivity contribution in [2.75, 3.05) is 23.3 Å². The molecule has 1 fully saturated rings. The summed E-state index contributed by atoms with van der Waals surface area (Å²) in [6.07, 6.45) is 2.36. The molecule has 114 valence electrons. The van der Waals surface area contributed by atoms with Crippen molar-refractivity contribution in [1.82, 2.24) is 0 Å². The zero-order chi connectivity index (χ0) is 15.5. The quantitative estimate of drug-likeness (QED) is 0.818. The topological polar surface area (TPSA) is 32.3 Å². The van der Waals surface area contributed by atoms with Crippen LogP contribution in [0.2, 0.25) is 5.02 Å². The molecule has 1 amide bonds. The zero-order valence-electron chi connectivity index (χ0n) is 12.0. The van der Waals surface area contributed by atoms with Gasteiger partial charge >= 0.3 is 0 Å². The molecule has 0 saturated carbocycles. The van der Waals surface area contributed by atoms with Gasteiger partial charge in [0.25, 0.3) is 5.91 Å². The summed E-state index contributed by atoms with van der Waals surface area (Å²) in [5.41, 5.74) is 2.40. The normalized spacial score (nSPS) is 14.2. The maximum atomic E-state index is 12.5. The van der Waals surface area contributed by atoms with E-state index in [0.29, 0.717) is 10.6 Å². The Morgan fingerprint density at radius 3 is 2.59 bits per heavy atom. The largest absolute Gasteiger partial charge is 0.370 e. The molecule has 0 aromatic heterocycles. The summed E-state index contributed by atoms with van der Waals surface area (Å²) in [4.78, 5) is 14.8. The van der Waals surface area contributed by atoms with Crippen LogP contribution >= 0.6 is 27.5 Å². The van der Waals surface area contributed by atoms with Crippen molar-refractivity contribution in [2.24, 2.45) is 0 Å². The minimum absolute atomic E-state index is 0.143. The van der Waals surface area contributed by atoms with E-state index < -0.39 is 0 Å². The lowest BCUT2D eigenvalue weighted by Gasteiger charge is -2.22. The minimum atomic E-state index is -0.143. The first-order valence-corrected chi connectivity index (χ1v) is 8.42. The third-order valence-corrected chi connectivity index (χ3v) is 4.70. The van der Waals surface area contributed by atoms with E-state index in [1.807, 2.05) is 36.4 Å². The summed E-state index contributed by atoms with van der Waals surface area (Å²) in [6, 6.07) is 13.0. The van der Waals surface area contributed by atoms with Crippen LogP contribution in [0.3, 0.4) is 0 Å². The van der Waals surface area contributed by atoms with E-state index in [4.69, 9.17) is 11.6 Å². The van der Waals surface area contributed by atoms with Gasteiger partial charge < -0.3 is 10.2 Å². The lowest BCUT2D eigenvalue weighted by atomic mass is 10.2. The SMILES string of the molecule is O=C(Nc1cc(Cl)ccc1N1CCCC1)c1ccccc1Br. The maximum absolute atomic E-state index is 12.5. The highest BCUT2D eigenvalue weighted by molar-refractivity contribution is 9.10. The molecule has 0 unspecified atom stereocenters. The van der Waals surface area contributed by atoms with Crippen LogP contribution in [0.4, 0.5) is 11.4 Å². The van der Waals surface area contributed by atoms with Crippen LogP contribution in [0.15, 0.2) is 46.9 Å². The molecule has 2 aromatic carbocycles. The molecule has 1 heterocycles. The standard InChI is InChI=1S/C17H16BrClN2O/c18-14-6-2-1-5-13(14)17(22)20-15-11-12(19)7-8-16(15)21-9-3-4-10-21/h1-2,5-8,11H,3-4,9-10H2,(H,20,22). The van der Waals surface area contributed by atoms with E-state index in [9.17, 15) is 4.79 Å². The number of carbonyl (C=O) groups excluding carboxylic acids is 1. The van der Waals surface area contributed by atoms with Crippen molar-refractivity contribution < 1.29 is 4.79 Å². The molecule has 1 N–H and O–H groups in total. The van der Waals surface area contributed by atoms with Crippen molar-refractivity contribution in [3.8, 4) is 0 Å². The molecule has 0 radical (unpaired) electrons. The molecule has 3 rings (SSSR count). The number of benzene rings is 2. The van der Waals surface area contributed by atoms with E-state index in [2.05, 4.69) is 26.1 Å². The number of hydrogen-bond acceptors (Lipinski definition) is 2. The second-order valence-electron chi connectivity index (χ2n) is 5.29. The van der Waals surface area contributed by atoms with Crippen LogP contribution in [-0.4, -0.2) is 19.0 Å². The van der Waals surface area contributed by atoms with Gasteiger partial charge in [-0.3, -0.25) is 4.79 Å². The third-order valence-electron chi connectivity index (χ3n) is 3.77. The van der Waals surface area contributed by atoms with Gasteiger partial charge in [-0.2, -0.15) is 0 Å². The Morgan fingerprint density at radius 2 is 1.86 bits per heavy atom. The first kappa shape index (κ1) is 15.4. The highest BCUT2D eigenvalue weighted by Crippen LogP contribution is 2.32. The highest BCUT2D eigenvalue weighted by Gasteiger charge is 2.18. The van der Waals surface area contributed by atoms with Crippen LogP contribution in [-0.2, 0) is 0 Å². The minimum Gasteiger partial charge on any atom is -0.370 e. The molecule has 1 aliphatic heterocycles. The van der Waals surface area contributed by atoms with Crippen LogP contribution in [0, 0.1) is 0 Å². The Bertz CT molecular complexity index is 699. The fraction of sp³-hybridized carbons (Fsp3) is 0.235. The maximum Gasteiger partial charge on any atom is 0.256 e. The predicted molar refractivity (Wildman–Crippen MR) is 95.0 cm³/mol. The number of rotatable bonds is 3. The Balaban J connectivity index is 1.89. The van der Waals surface area contributed by atoms with Gasteiger partial charge in [0.2, 0.25) is 0 Å². The molecule has 2 aromatic rings. The molecule has 1 saturated heterocycles. The number of hydrogen-bond donors (Lipinski definition) is 1. The van der Waals surface area contributed by atoms with Crippen molar-refractivity contribution in [3.63, 3.8) is 0 Å². The molecule has 0 atom stereocenters. The van der Waals surface area contributed by atoms with Crippen molar-refractivity contribution in [3.05, 3.63) is 57.5 Å². The number of anilines is 2. The monoisotopic (exact) mass is 378 g/mol. The summed E-state index contributed by atoms with van der Waals surface area (Å²) in [5, 5.41) is 3.61. The summed E-state index contributed by atoms with van der Waals surface area (Å²) >= 11 is 9.52. The fourth-order valence-electron chi connectivity index (χ4n) is 2.68. The van der Waals surface area contributed by atoms with Gasteiger partial charge in [0, 0.05) is 22.6 Å². The Kier molecular flexibility index (Phi) is 4.69. The van der Waals surface area contributed by atoms with Crippen molar-refractivity contribution in [1.29, 1.82) is 0 Å². The molecule has 22 heavy (non-hydrogen) atoms. The van der Waals surface area contributed by atoms with Crippen LogP contribution < -0.4 is 10.2 Å². The van der Waals surface area contributed by atoms with Gasteiger partial charge in [-0.15, -0.1) is 0 Å². The van der Waals surface area contributed by atoms with Crippen LogP contribution in [0.5, 0.6) is 0 Å². The molecule has 5 heteroatoms. The smallest absolute Gasteiger partial charge is 0.256 e. The first-order chi connectivity index (χ1) is 10.6. The third kappa shape index (κ3) is 3.28. The number of halogens is 2. The number of nitrogens with zero attached hydrogens (tertiary/aromatic N) is 1. The van der Waals surface area contributed by atoms with Crippen LogP contribution in [0.1, 0.15) is 23.2 Å². The van der Waals surface area contributed by atoms with Gasteiger partial charge in [-0.1, -0.05) is 23.7 Å². The van der Waals surface area contributed by atoms with E-state index >= 15 is 0 Å². The van der Waals surface area contributed by atoms with E-state index in [1.165, 1.54) is 12.8 Å². The van der Waals surface area contributed by atoms with E-state index in [0.717, 1.165) is 28.9 Å². The fourth-order valence-corrected chi connectivity index (χ4v) is 3.31. The second kappa shape index (κ2) is 6.71. The van der Waals surface area contributed by atoms with Gasteiger partial charge in [0.05, 0.1) is 16.9 Å². The molecular weight excluding hydrogens is 364 g/mol. The Hall–Kier alpha value is -1.52. The summed E-state index contributed by atoms with van der Waals surface area (Å²) in [6.45, 7) is 2.03.